The molecule has 0 fully saturated rings. The number of hydrogen-bond donors (Lipinski definition) is 1. The van der Waals surface area contributed by atoms with E-state index in [0.717, 1.165) is 12.2 Å². The highest BCUT2D eigenvalue weighted by Crippen LogP contribution is 2.32. The topological polar surface area (TPSA) is 69.0 Å². The molecule has 92 valence electrons. The van der Waals surface area contributed by atoms with E-state index in [1.165, 1.54) is 10.9 Å². The summed E-state index contributed by atoms with van der Waals surface area (Å²) in [6, 6.07) is 5.48. The fraction of sp³-hybridized carbons (Fsp3) is 0.250. The first-order valence-corrected chi connectivity index (χ1v) is 5.66. The van der Waals surface area contributed by atoms with Crippen LogP contribution in [0.15, 0.2) is 24.4 Å². The molecule has 1 aliphatic heterocycles. The van der Waals surface area contributed by atoms with Crippen LogP contribution in [0.25, 0.3) is 0 Å². The second-order valence-corrected chi connectivity index (χ2v) is 4.03. The molecule has 1 aromatic carbocycles. The van der Waals surface area contributed by atoms with Crippen molar-refractivity contribution in [3.63, 3.8) is 0 Å². The fourth-order valence-corrected chi connectivity index (χ4v) is 1.98. The highest BCUT2D eigenvalue weighted by Gasteiger charge is 2.22. The van der Waals surface area contributed by atoms with Gasteiger partial charge in [-0.25, -0.2) is 4.68 Å². The van der Waals surface area contributed by atoms with Gasteiger partial charge in [-0.3, -0.25) is 4.79 Å². The molecule has 0 bridgehead atoms. The lowest BCUT2D eigenvalue weighted by Gasteiger charge is -2.21. The van der Waals surface area contributed by atoms with Crippen molar-refractivity contribution < 1.29 is 9.53 Å². The molecule has 0 spiro atoms. The van der Waals surface area contributed by atoms with Gasteiger partial charge < -0.3 is 10.1 Å². The second kappa shape index (κ2) is 4.14. The molecule has 0 atom stereocenters. The van der Waals surface area contributed by atoms with Crippen molar-refractivity contribution in [1.29, 1.82) is 0 Å². The first kappa shape index (κ1) is 10.8. The van der Waals surface area contributed by atoms with E-state index in [-0.39, 0.29) is 5.78 Å². The summed E-state index contributed by atoms with van der Waals surface area (Å²) in [6.07, 6.45) is 1.46. The van der Waals surface area contributed by atoms with Crippen LogP contribution in [-0.4, -0.2) is 33.9 Å². The van der Waals surface area contributed by atoms with Crippen molar-refractivity contribution >= 4 is 11.5 Å². The SMILES string of the molecule is Cn1nncc1C(=O)c1cccc2c1OCCN2. The molecule has 0 radical (unpaired) electrons. The number of carbonyl (C=O) groups excluding carboxylic acids is 1. The van der Waals surface area contributed by atoms with E-state index in [9.17, 15) is 4.79 Å². The number of rotatable bonds is 2. The van der Waals surface area contributed by atoms with E-state index in [1.54, 1.807) is 13.1 Å². The van der Waals surface area contributed by atoms with Gasteiger partial charge in [-0.05, 0) is 12.1 Å². The molecule has 1 aromatic heterocycles. The van der Waals surface area contributed by atoms with Crippen LogP contribution in [0.1, 0.15) is 16.1 Å². The van der Waals surface area contributed by atoms with Crippen molar-refractivity contribution in [2.75, 3.05) is 18.5 Å². The van der Waals surface area contributed by atoms with Crippen LogP contribution in [0, 0.1) is 0 Å². The molecule has 0 unspecified atom stereocenters. The minimum atomic E-state index is -0.136. The maximum Gasteiger partial charge on any atom is 0.216 e. The van der Waals surface area contributed by atoms with Gasteiger partial charge in [0, 0.05) is 13.6 Å². The first-order valence-electron chi connectivity index (χ1n) is 5.66. The van der Waals surface area contributed by atoms with Gasteiger partial charge >= 0.3 is 0 Å². The van der Waals surface area contributed by atoms with E-state index >= 15 is 0 Å². The van der Waals surface area contributed by atoms with Crippen molar-refractivity contribution in [1.82, 2.24) is 15.0 Å². The predicted molar refractivity (Wildman–Crippen MR) is 64.9 cm³/mol. The Morgan fingerprint density at radius 2 is 2.39 bits per heavy atom. The van der Waals surface area contributed by atoms with Gasteiger partial charge in [-0.15, -0.1) is 5.10 Å². The maximum absolute atomic E-state index is 12.4. The third-order valence-corrected chi connectivity index (χ3v) is 2.87. The standard InChI is InChI=1S/C12H12N4O2/c1-16-10(7-14-15-16)11(17)8-3-2-4-9-12(8)18-6-5-13-9/h2-4,7,13H,5-6H2,1H3. The van der Waals surface area contributed by atoms with E-state index in [2.05, 4.69) is 15.6 Å². The lowest BCUT2D eigenvalue weighted by atomic mass is 10.1. The molecular formula is C12H12N4O2. The number of benzene rings is 1. The minimum Gasteiger partial charge on any atom is -0.489 e. The number of nitrogens with one attached hydrogen (secondary N) is 1. The van der Waals surface area contributed by atoms with Crippen LogP contribution in [0.2, 0.25) is 0 Å². The van der Waals surface area contributed by atoms with E-state index in [0.29, 0.717) is 23.6 Å². The summed E-state index contributed by atoms with van der Waals surface area (Å²) < 4.78 is 7.04. The third kappa shape index (κ3) is 1.62. The average Bonchev–Trinajstić information content (AvgIpc) is 2.83. The number of aryl methyl sites for hydroxylation is 1. The molecular weight excluding hydrogens is 232 g/mol. The number of ether oxygens (including phenoxy) is 1. The van der Waals surface area contributed by atoms with Crippen molar-refractivity contribution in [3.05, 3.63) is 35.7 Å². The van der Waals surface area contributed by atoms with E-state index in [4.69, 9.17) is 4.74 Å². The Bertz CT molecular complexity index is 606. The molecule has 1 aliphatic rings. The molecule has 0 saturated heterocycles. The largest absolute Gasteiger partial charge is 0.489 e. The molecule has 1 N–H and O–H groups in total. The molecule has 2 heterocycles. The summed E-state index contributed by atoms with van der Waals surface area (Å²) in [5.74, 6) is 0.470. The summed E-state index contributed by atoms with van der Waals surface area (Å²) in [5.41, 5.74) is 1.82. The Balaban J connectivity index is 2.07. The first-order chi connectivity index (χ1) is 8.77. The Kier molecular flexibility index (Phi) is 2.47. The van der Waals surface area contributed by atoms with Gasteiger partial charge in [-0.2, -0.15) is 0 Å². The highest BCUT2D eigenvalue weighted by atomic mass is 16.5. The lowest BCUT2D eigenvalue weighted by Crippen LogP contribution is -2.20. The summed E-state index contributed by atoms with van der Waals surface area (Å²) in [6.45, 7) is 1.30. The Morgan fingerprint density at radius 1 is 1.50 bits per heavy atom. The van der Waals surface area contributed by atoms with Gasteiger partial charge in [0.15, 0.2) is 5.75 Å². The number of aromatic nitrogens is 3. The number of para-hydroxylation sites is 1. The van der Waals surface area contributed by atoms with E-state index in [1.807, 2.05) is 12.1 Å². The zero-order valence-corrected chi connectivity index (χ0v) is 9.88. The normalized spacial score (nSPS) is 13.4. The average molecular weight is 244 g/mol. The van der Waals surface area contributed by atoms with Crippen molar-refractivity contribution in [3.8, 4) is 5.75 Å². The van der Waals surface area contributed by atoms with Gasteiger partial charge in [-0.1, -0.05) is 11.3 Å². The van der Waals surface area contributed by atoms with Gasteiger partial charge in [0.2, 0.25) is 5.78 Å². The quantitative estimate of drug-likeness (QED) is 0.793. The zero-order chi connectivity index (χ0) is 12.5. The maximum atomic E-state index is 12.4. The van der Waals surface area contributed by atoms with Gasteiger partial charge in [0.05, 0.1) is 17.4 Å². The Morgan fingerprint density at radius 3 is 3.17 bits per heavy atom. The molecule has 6 heteroatoms. The van der Waals surface area contributed by atoms with Crippen molar-refractivity contribution in [2.24, 2.45) is 7.05 Å². The van der Waals surface area contributed by atoms with Crippen LogP contribution in [0.3, 0.4) is 0 Å². The summed E-state index contributed by atoms with van der Waals surface area (Å²) in [5, 5.41) is 10.7. The van der Waals surface area contributed by atoms with Crippen LogP contribution in [0.4, 0.5) is 5.69 Å². The number of anilines is 1. The molecule has 0 amide bonds. The summed E-state index contributed by atoms with van der Waals surface area (Å²) >= 11 is 0. The monoisotopic (exact) mass is 244 g/mol. The summed E-state index contributed by atoms with van der Waals surface area (Å²) in [7, 11) is 1.69. The molecule has 3 rings (SSSR count). The molecule has 6 nitrogen and oxygen atoms in total. The number of ketones is 1. The molecule has 2 aromatic rings. The van der Waals surface area contributed by atoms with Crippen LogP contribution in [-0.2, 0) is 7.05 Å². The van der Waals surface area contributed by atoms with E-state index < -0.39 is 0 Å². The number of fused-ring (bicyclic) bond motifs is 1. The second-order valence-electron chi connectivity index (χ2n) is 4.03. The molecule has 0 aliphatic carbocycles. The Hall–Kier alpha value is -2.37. The predicted octanol–water partition coefficient (Wildman–Crippen LogP) is 0.850. The Labute approximate surface area is 104 Å². The molecule has 0 saturated carbocycles. The van der Waals surface area contributed by atoms with Gasteiger partial charge in [0.25, 0.3) is 0 Å². The smallest absolute Gasteiger partial charge is 0.216 e. The zero-order valence-electron chi connectivity index (χ0n) is 9.88. The number of carbonyl (C=O) groups is 1. The van der Waals surface area contributed by atoms with Crippen molar-refractivity contribution in [2.45, 2.75) is 0 Å². The van der Waals surface area contributed by atoms with Gasteiger partial charge in [0.1, 0.15) is 12.3 Å². The fourth-order valence-electron chi connectivity index (χ4n) is 1.98. The number of nitrogens with zero attached hydrogens (tertiary/aromatic N) is 3. The lowest BCUT2D eigenvalue weighted by molar-refractivity contribution is 0.102. The van der Waals surface area contributed by atoms with Crippen LogP contribution >= 0.6 is 0 Å². The summed E-state index contributed by atoms with van der Waals surface area (Å²) in [4.78, 5) is 12.4. The molecule has 18 heavy (non-hydrogen) atoms. The van der Waals surface area contributed by atoms with Crippen LogP contribution < -0.4 is 10.1 Å². The minimum absolute atomic E-state index is 0.136. The highest BCUT2D eigenvalue weighted by molar-refractivity contribution is 6.10. The third-order valence-electron chi connectivity index (χ3n) is 2.87. The van der Waals surface area contributed by atoms with Crippen LogP contribution in [0.5, 0.6) is 5.75 Å². The number of hydrogen-bond acceptors (Lipinski definition) is 5.